The Morgan fingerprint density at radius 2 is 2.21 bits per heavy atom. The van der Waals surface area contributed by atoms with Crippen molar-refractivity contribution in [3.05, 3.63) is 42.0 Å². The minimum absolute atomic E-state index is 0.0245. The Kier molecular flexibility index (Phi) is 4.21. The highest BCUT2D eigenvalue weighted by atomic mass is 19.4. The fraction of sp³-hybridized carbons (Fsp3) is 0.375. The topological polar surface area (TPSA) is 56.1 Å². The van der Waals surface area contributed by atoms with Gasteiger partial charge in [0.15, 0.2) is 0 Å². The molecule has 0 saturated heterocycles. The van der Waals surface area contributed by atoms with Gasteiger partial charge in [0.05, 0.1) is 24.7 Å². The van der Waals surface area contributed by atoms with E-state index < -0.39 is 11.7 Å². The minimum atomic E-state index is -4.48. The average molecular weight is 339 g/mol. The third kappa shape index (κ3) is 3.22. The van der Waals surface area contributed by atoms with Crippen molar-refractivity contribution in [1.82, 2.24) is 9.55 Å². The molecular formula is C16H16F3N3O2. The third-order valence-corrected chi connectivity index (χ3v) is 4.13. The second-order valence-electron chi connectivity index (χ2n) is 5.67. The standard InChI is InChI=1S/C16H16F3N3O2/c1-24-14-3-2-11(16(17,18)19)7-13(14)21-15(23)10-4-5-22-9-20-8-12(22)6-10/h2-3,7-10H,4-6H2,1H3,(H,21,23). The number of fused-ring (bicyclic) bond motifs is 1. The van der Waals surface area contributed by atoms with Crippen LogP contribution in [-0.2, 0) is 23.9 Å². The highest BCUT2D eigenvalue weighted by Gasteiger charge is 2.32. The van der Waals surface area contributed by atoms with E-state index in [1.165, 1.54) is 13.2 Å². The summed E-state index contributed by atoms with van der Waals surface area (Å²) in [5.41, 5.74) is 0.133. The van der Waals surface area contributed by atoms with E-state index in [0.717, 1.165) is 17.8 Å². The molecule has 2 aromatic rings. The maximum Gasteiger partial charge on any atom is 0.416 e. The average Bonchev–Trinajstić information content (AvgIpc) is 3.01. The molecule has 5 nitrogen and oxygen atoms in total. The summed E-state index contributed by atoms with van der Waals surface area (Å²) in [6, 6.07) is 3.02. The van der Waals surface area contributed by atoms with Crippen molar-refractivity contribution in [2.75, 3.05) is 12.4 Å². The van der Waals surface area contributed by atoms with Crippen molar-refractivity contribution in [3.63, 3.8) is 0 Å². The molecule has 2 heterocycles. The van der Waals surface area contributed by atoms with Gasteiger partial charge in [-0.3, -0.25) is 4.79 Å². The number of imidazole rings is 1. The van der Waals surface area contributed by atoms with E-state index in [1.807, 2.05) is 4.57 Å². The fourth-order valence-electron chi connectivity index (χ4n) is 2.81. The number of aromatic nitrogens is 2. The summed E-state index contributed by atoms with van der Waals surface area (Å²) in [7, 11) is 1.34. The number of nitrogens with one attached hydrogen (secondary N) is 1. The number of hydrogen-bond acceptors (Lipinski definition) is 3. The summed E-state index contributed by atoms with van der Waals surface area (Å²) >= 11 is 0. The van der Waals surface area contributed by atoms with Crippen LogP contribution in [0.3, 0.4) is 0 Å². The Morgan fingerprint density at radius 1 is 1.42 bits per heavy atom. The molecule has 0 radical (unpaired) electrons. The quantitative estimate of drug-likeness (QED) is 0.935. The van der Waals surface area contributed by atoms with Crippen molar-refractivity contribution < 1.29 is 22.7 Å². The second kappa shape index (κ2) is 6.18. The van der Waals surface area contributed by atoms with Gasteiger partial charge in [-0.15, -0.1) is 0 Å². The van der Waals surface area contributed by atoms with Crippen molar-refractivity contribution in [1.29, 1.82) is 0 Å². The van der Waals surface area contributed by atoms with E-state index in [2.05, 4.69) is 10.3 Å². The smallest absolute Gasteiger partial charge is 0.416 e. The van der Waals surface area contributed by atoms with E-state index in [0.29, 0.717) is 19.4 Å². The molecule has 1 aromatic heterocycles. The molecule has 0 fully saturated rings. The van der Waals surface area contributed by atoms with E-state index in [9.17, 15) is 18.0 Å². The number of hydrogen-bond donors (Lipinski definition) is 1. The molecule has 8 heteroatoms. The molecule has 1 amide bonds. The molecule has 1 unspecified atom stereocenters. The van der Waals surface area contributed by atoms with Crippen molar-refractivity contribution in [2.45, 2.75) is 25.6 Å². The van der Waals surface area contributed by atoms with Gasteiger partial charge in [-0.25, -0.2) is 4.98 Å². The van der Waals surface area contributed by atoms with Crippen LogP contribution < -0.4 is 10.1 Å². The lowest BCUT2D eigenvalue weighted by Gasteiger charge is -2.23. The third-order valence-electron chi connectivity index (χ3n) is 4.13. The number of methoxy groups -OCH3 is 1. The lowest BCUT2D eigenvalue weighted by atomic mass is 9.95. The molecule has 0 saturated carbocycles. The number of aryl methyl sites for hydroxylation is 1. The first-order chi connectivity index (χ1) is 11.4. The van der Waals surface area contributed by atoms with Crippen LogP contribution in [0, 0.1) is 5.92 Å². The Balaban J connectivity index is 1.79. The number of alkyl halides is 3. The maximum absolute atomic E-state index is 12.9. The predicted octanol–water partition coefficient (Wildman–Crippen LogP) is 3.11. The Labute approximate surface area is 136 Å². The van der Waals surface area contributed by atoms with Gasteiger partial charge in [0.25, 0.3) is 0 Å². The van der Waals surface area contributed by atoms with Crippen molar-refractivity contribution in [2.24, 2.45) is 5.92 Å². The summed E-state index contributed by atoms with van der Waals surface area (Å²) in [5, 5.41) is 2.57. The monoisotopic (exact) mass is 339 g/mol. The van der Waals surface area contributed by atoms with Gasteiger partial charge >= 0.3 is 6.18 Å². The molecule has 0 aliphatic carbocycles. The molecule has 0 bridgehead atoms. The molecule has 1 aliphatic rings. The largest absolute Gasteiger partial charge is 0.495 e. The van der Waals surface area contributed by atoms with Crippen LogP contribution in [0.25, 0.3) is 0 Å². The zero-order chi connectivity index (χ0) is 17.3. The van der Waals surface area contributed by atoms with Gasteiger partial charge in [-0.2, -0.15) is 13.2 Å². The zero-order valence-corrected chi connectivity index (χ0v) is 12.9. The predicted molar refractivity (Wildman–Crippen MR) is 80.7 cm³/mol. The number of benzene rings is 1. The molecule has 128 valence electrons. The Hall–Kier alpha value is -2.51. The normalized spacial score (nSPS) is 17.2. The van der Waals surface area contributed by atoms with Crippen LogP contribution in [0.5, 0.6) is 5.75 Å². The van der Waals surface area contributed by atoms with Gasteiger partial charge in [0.2, 0.25) is 5.91 Å². The second-order valence-corrected chi connectivity index (χ2v) is 5.67. The number of halogens is 3. The molecule has 24 heavy (non-hydrogen) atoms. The van der Waals surface area contributed by atoms with Gasteiger partial charge in [0.1, 0.15) is 5.75 Å². The Bertz CT molecular complexity index is 755. The van der Waals surface area contributed by atoms with Crippen LogP contribution >= 0.6 is 0 Å². The lowest BCUT2D eigenvalue weighted by Crippen LogP contribution is -2.30. The summed E-state index contributed by atoms with van der Waals surface area (Å²) < 4.78 is 45.6. The number of rotatable bonds is 3. The van der Waals surface area contributed by atoms with Gasteiger partial charge < -0.3 is 14.6 Å². The molecule has 1 aromatic carbocycles. The number of carbonyl (C=O) groups excluding carboxylic acids is 1. The van der Waals surface area contributed by atoms with Crippen molar-refractivity contribution in [3.8, 4) is 5.75 Å². The number of anilines is 1. The SMILES string of the molecule is COc1ccc(C(F)(F)F)cc1NC(=O)C1CCn2cncc2C1. The first-order valence-electron chi connectivity index (χ1n) is 7.43. The summed E-state index contributed by atoms with van der Waals surface area (Å²) in [5.74, 6) is -0.439. The highest BCUT2D eigenvalue weighted by molar-refractivity contribution is 5.94. The molecular weight excluding hydrogens is 323 g/mol. The van der Waals surface area contributed by atoms with Crippen LogP contribution in [0.4, 0.5) is 18.9 Å². The van der Waals surface area contributed by atoms with Gasteiger partial charge in [0, 0.05) is 30.8 Å². The molecule has 1 aliphatic heterocycles. The van der Waals surface area contributed by atoms with Gasteiger partial charge in [-0.05, 0) is 24.6 Å². The summed E-state index contributed by atoms with van der Waals surface area (Å²) in [6.45, 7) is 0.660. The minimum Gasteiger partial charge on any atom is -0.495 e. The lowest BCUT2D eigenvalue weighted by molar-refractivity contribution is -0.137. The molecule has 0 spiro atoms. The highest BCUT2D eigenvalue weighted by Crippen LogP contribution is 2.35. The summed E-state index contributed by atoms with van der Waals surface area (Å²) in [6.07, 6.45) is 0.0380. The summed E-state index contributed by atoms with van der Waals surface area (Å²) in [4.78, 5) is 16.5. The van der Waals surface area contributed by atoms with E-state index in [4.69, 9.17) is 4.74 Å². The Morgan fingerprint density at radius 3 is 2.92 bits per heavy atom. The fourth-order valence-corrected chi connectivity index (χ4v) is 2.81. The first kappa shape index (κ1) is 16.4. The van der Waals surface area contributed by atoms with Crippen molar-refractivity contribution >= 4 is 11.6 Å². The van der Waals surface area contributed by atoms with Crippen LogP contribution in [0.2, 0.25) is 0 Å². The van der Waals surface area contributed by atoms with E-state index >= 15 is 0 Å². The number of ether oxygens (including phenoxy) is 1. The van der Waals surface area contributed by atoms with E-state index in [1.54, 1.807) is 12.5 Å². The van der Waals surface area contributed by atoms with Gasteiger partial charge in [-0.1, -0.05) is 0 Å². The van der Waals surface area contributed by atoms with Crippen LogP contribution in [-0.4, -0.2) is 22.6 Å². The number of amides is 1. The zero-order valence-electron chi connectivity index (χ0n) is 12.9. The maximum atomic E-state index is 12.9. The number of carbonyl (C=O) groups is 1. The van der Waals surface area contributed by atoms with E-state index in [-0.39, 0.29) is 23.3 Å². The first-order valence-corrected chi connectivity index (χ1v) is 7.43. The molecule has 3 rings (SSSR count). The van der Waals surface area contributed by atoms with Crippen LogP contribution in [0.1, 0.15) is 17.7 Å². The molecule has 1 N–H and O–H groups in total. The van der Waals surface area contributed by atoms with Crippen LogP contribution in [0.15, 0.2) is 30.7 Å². The molecule has 1 atom stereocenters. The number of nitrogens with zero attached hydrogens (tertiary/aromatic N) is 2.